The largest absolute Gasteiger partial charge is 0.396 e. The Bertz CT molecular complexity index is 240. The predicted molar refractivity (Wildman–Crippen MR) is 69.6 cm³/mol. The van der Waals surface area contributed by atoms with Crippen molar-refractivity contribution >= 4 is 5.91 Å². The van der Waals surface area contributed by atoms with Crippen LogP contribution in [0.3, 0.4) is 0 Å². The van der Waals surface area contributed by atoms with E-state index in [-0.39, 0.29) is 12.5 Å². The van der Waals surface area contributed by atoms with Crippen LogP contribution in [0.4, 0.5) is 0 Å². The van der Waals surface area contributed by atoms with Crippen molar-refractivity contribution in [2.75, 3.05) is 19.7 Å². The van der Waals surface area contributed by atoms with Crippen LogP contribution in [0.15, 0.2) is 0 Å². The summed E-state index contributed by atoms with van der Waals surface area (Å²) in [6, 6.07) is 0. The molecular formula is C14H27NO2. The normalized spacial score (nSPS) is 22.2. The molecule has 2 atom stereocenters. The molecule has 0 radical (unpaired) electrons. The number of amides is 1. The van der Waals surface area contributed by atoms with E-state index in [4.69, 9.17) is 5.11 Å². The number of carbonyl (C=O) groups excluding carboxylic acids is 1. The van der Waals surface area contributed by atoms with Crippen LogP contribution in [0.2, 0.25) is 0 Å². The Hall–Kier alpha value is -0.570. The Kier molecular flexibility index (Phi) is 5.96. The zero-order valence-corrected chi connectivity index (χ0v) is 11.5. The van der Waals surface area contributed by atoms with Crippen LogP contribution in [0.5, 0.6) is 0 Å². The van der Waals surface area contributed by atoms with E-state index in [0.29, 0.717) is 17.7 Å². The molecule has 3 heteroatoms. The van der Waals surface area contributed by atoms with Gasteiger partial charge in [-0.1, -0.05) is 27.2 Å². The SMILES string of the molecule is CCC[C@H](C(=O)N1CC[C@H](CCO)C1)C(C)C. The topological polar surface area (TPSA) is 40.5 Å². The second-order valence-corrected chi connectivity index (χ2v) is 5.59. The number of hydrogen-bond acceptors (Lipinski definition) is 2. The highest BCUT2D eigenvalue weighted by Gasteiger charge is 2.31. The molecule has 1 heterocycles. The van der Waals surface area contributed by atoms with Crippen molar-refractivity contribution in [2.24, 2.45) is 17.8 Å². The number of carbonyl (C=O) groups is 1. The summed E-state index contributed by atoms with van der Waals surface area (Å²) in [7, 11) is 0. The van der Waals surface area contributed by atoms with Crippen molar-refractivity contribution in [3.63, 3.8) is 0 Å². The minimum absolute atomic E-state index is 0.188. The molecular weight excluding hydrogens is 214 g/mol. The number of rotatable bonds is 6. The lowest BCUT2D eigenvalue weighted by molar-refractivity contribution is -0.136. The number of aliphatic hydroxyl groups excluding tert-OH is 1. The highest BCUT2D eigenvalue weighted by Crippen LogP contribution is 2.25. The van der Waals surface area contributed by atoms with Gasteiger partial charge in [0, 0.05) is 25.6 Å². The highest BCUT2D eigenvalue weighted by molar-refractivity contribution is 5.79. The molecule has 0 spiro atoms. The highest BCUT2D eigenvalue weighted by atomic mass is 16.3. The molecule has 0 bridgehead atoms. The summed E-state index contributed by atoms with van der Waals surface area (Å²) in [6.07, 6.45) is 3.97. The average molecular weight is 241 g/mol. The van der Waals surface area contributed by atoms with Gasteiger partial charge < -0.3 is 10.0 Å². The Morgan fingerprint density at radius 2 is 2.18 bits per heavy atom. The summed E-state index contributed by atoms with van der Waals surface area (Å²) in [4.78, 5) is 14.4. The maximum Gasteiger partial charge on any atom is 0.225 e. The zero-order chi connectivity index (χ0) is 12.8. The lowest BCUT2D eigenvalue weighted by Gasteiger charge is -2.26. The van der Waals surface area contributed by atoms with E-state index in [9.17, 15) is 4.79 Å². The van der Waals surface area contributed by atoms with Gasteiger partial charge in [-0.15, -0.1) is 0 Å². The van der Waals surface area contributed by atoms with E-state index in [1.807, 2.05) is 4.90 Å². The minimum Gasteiger partial charge on any atom is -0.396 e. The maximum absolute atomic E-state index is 12.4. The molecule has 1 aliphatic rings. The third kappa shape index (κ3) is 3.98. The molecule has 1 amide bonds. The molecule has 0 aromatic carbocycles. The van der Waals surface area contributed by atoms with Crippen LogP contribution in [0.1, 0.15) is 46.5 Å². The molecule has 1 rings (SSSR count). The smallest absolute Gasteiger partial charge is 0.225 e. The summed E-state index contributed by atoms with van der Waals surface area (Å²) in [6.45, 7) is 8.40. The second kappa shape index (κ2) is 7.00. The van der Waals surface area contributed by atoms with Gasteiger partial charge in [0.25, 0.3) is 0 Å². The molecule has 0 unspecified atom stereocenters. The van der Waals surface area contributed by atoms with Crippen molar-refractivity contribution < 1.29 is 9.90 Å². The van der Waals surface area contributed by atoms with Gasteiger partial charge in [-0.2, -0.15) is 0 Å². The summed E-state index contributed by atoms with van der Waals surface area (Å²) < 4.78 is 0. The molecule has 1 aliphatic heterocycles. The molecule has 3 nitrogen and oxygen atoms in total. The predicted octanol–water partition coefficient (Wildman–Crippen LogP) is 2.29. The Morgan fingerprint density at radius 3 is 2.71 bits per heavy atom. The number of aliphatic hydroxyl groups is 1. The molecule has 17 heavy (non-hydrogen) atoms. The van der Waals surface area contributed by atoms with Gasteiger partial charge in [-0.05, 0) is 31.1 Å². The summed E-state index contributed by atoms with van der Waals surface area (Å²) in [5.74, 6) is 1.47. The summed E-state index contributed by atoms with van der Waals surface area (Å²) in [5.41, 5.74) is 0. The number of hydrogen-bond donors (Lipinski definition) is 1. The maximum atomic E-state index is 12.4. The van der Waals surface area contributed by atoms with Gasteiger partial charge in [0.1, 0.15) is 0 Å². The molecule has 0 aromatic rings. The van der Waals surface area contributed by atoms with Crippen molar-refractivity contribution in [2.45, 2.75) is 46.5 Å². The van der Waals surface area contributed by atoms with Gasteiger partial charge in [0.15, 0.2) is 0 Å². The van der Waals surface area contributed by atoms with E-state index in [0.717, 1.165) is 38.8 Å². The molecule has 0 aliphatic carbocycles. The van der Waals surface area contributed by atoms with Gasteiger partial charge >= 0.3 is 0 Å². The molecule has 0 aromatic heterocycles. The minimum atomic E-state index is 0.188. The van der Waals surface area contributed by atoms with Crippen LogP contribution in [-0.4, -0.2) is 35.6 Å². The van der Waals surface area contributed by atoms with E-state index >= 15 is 0 Å². The van der Waals surface area contributed by atoms with E-state index < -0.39 is 0 Å². The number of nitrogens with zero attached hydrogens (tertiary/aromatic N) is 1. The standard InChI is InChI=1S/C14H27NO2/c1-4-5-13(11(2)3)14(17)15-8-6-12(10-15)7-9-16/h11-13,16H,4-10H2,1-3H3/t12-,13+/m1/s1. The van der Waals surface area contributed by atoms with Crippen molar-refractivity contribution in [1.29, 1.82) is 0 Å². The van der Waals surface area contributed by atoms with Gasteiger partial charge in [0.2, 0.25) is 5.91 Å². The Balaban J connectivity index is 2.51. The lowest BCUT2D eigenvalue weighted by Crippen LogP contribution is -2.36. The zero-order valence-electron chi connectivity index (χ0n) is 11.5. The van der Waals surface area contributed by atoms with E-state index in [2.05, 4.69) is 20.8 Å². The lowest BCUT2D eigenvalue weighted by atomic mass is 9.90. The van der Waals surface area contributed by atoms with Crippen LogP contribution >= 0.6 is 0 Å². The fourth-order valence-corrected chi connectivity index (χ4v) is 2.74. The Labute approximate surface area is 105 Å². The third-order valence-corrected chi connectivity index (χ3v) is 3.86. The van der Waals surface area contributed by atoms with Crippen LogP contribution in [0.25, 0.3) is 0 Å². The van der Waals surface area contributed by atoms with E-state index in [1.54, 1.807) is 0 Å². The average Bonchev–Trinajstić information content (AvgIpc) is 2.73. The fourth-order valence-electron chi connectivity index (χ4n) is 2.74. The van der Waals surface area contributed by atoms with Gasteiger partial charge in [-0.3, -0.25) is 4.79 Å². The van der Waals surface area contributed by atoms with Crippen molar-refractivity contribution in [1.82, 2.24) is 4.90 Å². The molecule has 1 N–H and O–H groups in total. The van der Waals surface area contributed by atoms with Crippen LogP contribution < -0.4 is 0 Å². The first kappa shape index (κ1) is 14.5. The van der Waals surface area contributed by atoms with Crippen LogP contribution in [-0.2, 0) is 4.79 Å². The van der Waals surface area contributed by atoms with E-state index in [1.165, 1.54) is 0 Å². The quantitative estimate of drug-likeness (QED) is 0.775. The monoisotopic (exact) mass is 241 g/mol. The summed E-state index contributed by atoms with van der Waals surface area (Å²) in [5, 5.41) is 8.93. The second-order valence-electron chi connectivity index (χ2n) is 5.59. The molecule has 1 saturated heterocycles. The van der Waals surface area contributed by atoms with Gasteiger partial charge in [0.05, 0.1) is 0 Å². The first-order chi connectivity index (χ1) is 8.10. The van der Waals surface area contributed by atoms with Gasteiger partial charge in [-0.25, -0.2) is 0 Å². The van der Waals surface area contributed by atoms with Crippen LogP contribution in [0, 0.1) is 17.8 Å². The molecule has 1 fully saturated rings. The van der Waals surface area contributed by atoms with Crippen molar-refractivity contribution in [3.05, 3.63) is 0 Å². The van der Waals surface area contributed by atoms with Crippen molar-refractivity contribution in [3.8, 4) is 0 Å². The third-order valence-electron chi connectivity index (χ3n) is 3.86. The first-order valence-electron chi connectivity index (χ1n) is 6.99. The fraction of sp³-hybridized carbons (Fsp3) is 0.929. The number of likely N-dealkylation sites (tertiary alicyclic amines) is 1. The Morgan fingerprint density at radius 1 is 1.47 bits per heavy atom. The molecule has 100 valence electrons. The molecule has 0 saturated carbocycles. The summed E-state index contributed by atoms with van der Waals surface area (Å²) >= 11 is 0. The first-order valence-corrected chi connectivity index (χ1v) is 6.99.